The molecule has 0 N–H and O–H groups in total. The van der Waals surface area contributed by atoms with Crippen molar-refractivity contribution in [3.05, 3.63) is 126 Å². The Hall–Kier alpha value is -3.15. The molecule has 0 bridgehead atoms. The quantitative estimate of drug-likeness (QED) is 0.130. The van der Waals surface area contributed by atoms with E-state index < -0.39 is 19.2 Å². The molecule has 0 spiro atoms. The number of rotatable bonds is 4. The van der Waals surface area contributed by atoms with Gasteiger partial charge in [0.1, 0.15) is 0 Å². The second kappa shape index (κ2) is 13.7. The van der Waals surface area contributed by atoms with Gasteiger partial charge in [-0.2, -0.15) is 11.3 Å². The van der Waals surface area contributed by atoms with Crippen molar-refractivity contribution in [2.24, 2.45) is 0 Å². The molecule has 7 rings (SSSR count). The van der Waals surface area contributed by atoms with Crippen LogP contribution >= 0.6 is 11.3 Å². The average Bonchev–Trinajstić information content (AvgIpc) is 3.37. The van der Waals surface area contributed by atoms with E-state index in [1.54, 1.807) is 17.5 Å². The molecule has 45 heavy (non-hydrogen) atoms. The van der Waals surface area contributed by atoms with Crippen LogP contribution in [0.1, 0.15) is 37.8 Å². The minimum atomic E-state index is -1.77. The average molecular weight is 845 g/mol. The van der Waals surface area contributed by atoms with Gasteiger partial charge in [-0.05, 0) is 57.6 Å². The molecule has 0 unspecified atom stereocenters. The predicted octanol–water partition coefficient (Wildman–Crippen LogP) is 10.9. The first-order valence-electron chi connectivity index (χ1n) is 15.6. The van der Waals surface area contributed by atoms with E-state index in [4.69, 9.17) is 1.37 Å². The third kappa shape index (κ3) is 7.15. The molecule has 0 aliphatic heterocycles. The van der Waals surface area contributed by atoms with E-state index in [-0.39, 0.29) is 20.1 Å². The van der Waals surface area contributed by atoms with Crippen LogP contribution in [0.15, 0.2) is 97.3 Å². The molecule has 7 aromatic rings. The van der Waals surface area contributed by atoms with Gasteiger partial charge in [0.2, 0.25) is 0 Å². The Morgan fingerprint density at radius 3 is 2.33 bits per heavy atom. The number of fused-ring (bicyclic) bond motifs is 4. The molecule has 3 heterocycles. The van der Waals surface area contributed by atoms with Crippen molar-refractivity contribution in [3.63, 3.8) is 0 Å². The summed E-state index contributed by atoms with van der Waals surface area (Å²) >= 11 is 0.0264. The van der Waals surface area contributed by atoms with Gasteiger partial charge in [-0.15, -0.1) is 23.8 Å². The zero-order valence-electron chi connectivity index (χ0n) is 27.9. The first-order valence-corrected chi connectivity index (χ1v) is 23.2. The summed E-state index contributed by atoms with van der Waals surface area (Å²) < 4.78 is 12.3. The fourth-order valence-corrected chi connectivity index (χ4v) is 10.5. The van der Waals surface area contributed by atoms with Gasteiger partial charge >= 0.3 is 106 Å². The van der Waals surface area contributed by atoms with E-state index in [1.165, 1.54) is 46.5 Å². The molecule has 4 aromatic carbocycles. The van der Waals surface area contributed by atoms with E-state index in [2.05, 4.69) is 108 Å². The van der Waals surface area contributed by atoms with Gasteiger partial charge in [0.25, 0.3) is 0 Å². The summed E-state index contributed by atoms with van der Waals surface area (Å²) in [6.45, 7) is 8.14. The Balaban J connectivity index is 0.000000200. The van der Waals surface area contributed by atoms with Crippen molar-refractivity contribution in [3.8, 4) is 22.5 Å². The van der Waals surface area contributed by atoms with Gasteiger partial charge < -0.3 is 4.98 Å². The first-order chi connectivity index (χ1) is 21.4. The van der Waals surface area contributed by atoms with Crippen molar-refractivity contribution in [2.45, 2.75) is 50.9 Å². The smallest absolute Gasteiger partial charge is 0.0346 e. The largest absolute Gasteiger partial charge is 0.305 e. The van der Waals surface area contributed by atoms with Gasteiger partial charge in [-0.3, -0.25) is 0 Å². The molecular weight excluding hydrogens is 805 g/mol. The monoisotopic (exact) mass is 846 g/mol. The molecular formula is C40H38GeIrN2S-2. The fourth-order valence-electron chi connectivity index (χ4n) is 5.71. The molecule has 0 atom stereocenters. The van der Waals surface area contributed by atoms with Crippen LogP contribution in [-0.4, -0.2) is 23.2 Å². The predicted molar refractivity (Wildman–Crippen MR) is 194 cm³/mol. The molecule has 0 aliphatic rings. The Bertz CT molecular complexity index is 2160. The summed E-state index contributed by atoms with van der Waals surface area (Å²) in [7, 11) is 0. The van der Waals surface area contributed by atoms with Crippen LogP contribution in [0.2, 0.25) is 17.3 Å². The summed E-state index contributed by atoms with van der Waals surface area (Å²) in [5.41, 5.74) is 7.62. The van der Waals surface area contributed by atoms with E-state index in [1.807, 2.05) is 50.2 Å². The molecule has 1 radical (unpaired) electrons. The molecule has 2 nitrogen and oxygen atoms in total. The normalized spacial score (nSPS) is 12.0. The van der Waals surface area contributed by atoms with E-state index >= 15 is 0 Å². The van der Waals surface area contributed by atoms with Crippen molar-refractivity contribution in [2.75, 3.05) is 0 Å². The minimum absolute atomic E-state index is 0. The first kappa shape index (κ1) is 31.8. The fraction of sp³-hybridized carbons (Fsp3) is 0.200. The zero-order chi connectivity index (χ0) is 31.9. The van der Waals surface area contributed by atoms with Gasteiger partial charge in [0.05, 0.1) is 0 Å². The van der Waals surface area contributed by atoms with Gasteiger partial charge in [0.15, 0.2) is 0 Å². The molecule has 5 heteroatoms. The number of hydrogen-bond acceptors (Lipinski definition) is 3. The summed E-state index contributed by atoms with van der Waals surface area (Å²) in [5, 5.41) is 5.07. The summed E-state index contributed by atoms with van der Waals surface area (Å²) in [6.07, 6.45) is 3.88. The zero-order valence-corrected chi connectivity index (χ0v) is 32.2. The van der Waals surface area contributed by atoms with Crippen molar-refractivity contribution in [1.82, 2.24) is 9.97 Å². The third-order valence-corrected chi connectivity index (χ3v) is 13.7. The number of aryl methyl sites for hydroxylation is 2. The third-order valence-electron chi connectivity index (χ3n) is 8.04. The number of pyridine rings is 2. The molecule has 0 saturated heterocycles. The Morgan fingerprint density at radius 2 is 1.62 bits per heavy atom. The van der Waals surface area contributed by atoms with Gasteiger partial charge in [0, 0.05) is 32.4 Å². The number of hydrogen-bond donors (Lipinski definition) is 0. The number of aromatic nitrogens is 2. The topological polar surface area (TPSA) is 25.8 Å². The van der Waals surface area contributed by atoms with Crippen LogP contribution in [0.4, 0.5) is 0 Å². The SMILES string of the molecule is Cc1cc(-c2[c-]cccc2)nc[c]1[Ge]([CH3])([CH3])[CH3].[2H]C(C)(C)c1ccnc(-c2[c-]ccc3c2sc2cc4cc(C)ccc4cc23)c1.[Ir]. The molecule has 0 amide bonds. The maximum atomic E-state index is 8.35. The maximum Gasteiger partial charge on any atom is 0.0346 e. The molecule has 0 saturated carbocycles. The second-order valence-electron chi connectivity index (χ2n) is 12.7. The number of benzene rings is 4. The van der Waals surface area contributed by atoms with Crippen LogP contribution in [0.25, 0.3) is 53.5 Å². The van der Waals surface area contributed by atoms with E-state index in [0.717, 1.165) is 28.1 Å². The van der Waals surface area contributed by atoms with Crippen molar-refractivity contribution in [1.29, 1.82) is 0 Å². The van der Waals surface area contributed by atoms with E-state index in [9.17, 15) is 0 Å². The summed E-state index contributed by atoms with van der Waals surface area (Å²) in [4.78, 5) is 9.19. The molecule has 0 fully saturated rings. The molecule has 0 aliphatic carbocycles. The van der Waals surface area contributed by atoms with Crippen LogP contribution in [0.3, 0.4) is 0 Å². The Labute approximate surface area is 289 Å². The van der Waals surface area contributed by atoms with Crippen molar-refractivity contribution < 1.29 is 21.5 Å². The summed E-state index contributed by atoms with van der Waals surface area (Å²) in [6, 6.07) is 36.1. The van der Waals surface area contributed by atoms with Crippen molar-refractivity contribution >= 4 is 59.9 Å². The van der Waals surface area contributed by atoms with E-state index in [0.29, 0.717) is 0 Å². The van der Waals surface area contributed by atoms with Crippen LogP contribution in [0, 0.1) is 26.0 Å². The molecule has 229 valence electrons. The number of thiophene rings is 1. The molecule has 3 aromatic heterocycles. The maximum absolute atomic E-state index is 8.35. The second-order valence-corrected chi connectivity index (χ2v) is 24.4. The standard InChI is InChI=1S/C25H20NS.C15H18GeN.Ir/c1-15(2)17-9-10-26-23(13-17)21-6-4-5-20-22-12-18-8-7-16(3)11-19(18)14-24(22)27-25(20)21;1-12-10-15(13-8-6-5-7-9-13)17-11-14(12)16(2,3)4;/h4-5,7-15H,1-3H3;5-8,10-11H,1-4H3;/q2*-1;/i15D;;. The number of nitrogens with zero attached hydrogens (tertiary/aromatic N) is 2. The van der Waals surface area contributed by atoms with Gasteiger partial charge in [-0.1, -0.05) is 54.6 Å². The van der Waals surface area contributed by atoms with Crippen LogP contribution < -0.4 is 4.40 Å². The van der Waals surface area contributed by atoms with Crippen LogP contribution in [0.5, 0.6) is 0 Å². The Morgan fingerprint density at radius 1 is 0.800 bits per heavy atom. The minimum Gasteiger partial charge on any atom is -0.305 e. The van der Waals surface area contributed by atoms with Crippen LogP contribution in [-0.2, 0) is 20.1 Å². The van der Waals surface area contributed by atoms with Gasteiger partial charge in [-0.25, -0.2) is 0 Å². The summed E-state index contributed by atoms with van der Waals surface area (Å²) in [5.74, 6) is 6.55. The Kier molecular flexibility index (Phi) is 9.68.